The number of ether oxygens (including phenoxy) is 3. The van der Waals surface area contributed by atoms with Crippen LogP contribution >= 0.6 is 15.9 Å². The number of benzene rings is 1. The molecule has 0 amide bonds. The first-order valence-corrected chi connectivity index (χ1v) is 8.60. The maximum Gasteiger partial charge on any atom is 0.343 e. The molecule has 0 unspecified atom stereocenters. The molecular weight excluding hydrogens is 388 g/mol. The zero-order valence-corrected chi connectivity index (χ0v) is 15.3. The molecule has 7 nitrogen and oxygen atoms in total. The van der Waals surface area contributed by atoms with Crippen LogP contribution in [-0.4, -0.2) is 31.6 Å². The fourth-order valence-electron chi connectivity index (χ4n) is 4.36. The van der Waals surface area contributed by atoms with E-state index in [1.54, 1.807) is 13.2 Å². The molecule has 5 atom stereocenters. The van der Waals surface area contributed by atoms with Crippen LogP contribution in [0.25, 0.3) is 0 Å². The first-order chi connectivity index (χ1) is 11.9. The molecule has 4 rings (SSSR count). The molecule has 0 radical (unpaired) electrons. The van der Waals surface area contributed by atoms with Crippen molar-refractivity contribution in [2.24, 2.45) is 16.6 Å². The van der Waals surface area contributed by atoms with E-state index in [-0.39, 0.29) is 11.9 Å². The number of hydrogen-bond donors (Lipinski definition) is 2. The molecule has 1 aliphatic carbocycles. The summed E-state index contributed by atoms with van der Waals surface area (Å²) in [6.07, 6.45) is -0.217. The molecule has 1 saturated heterocycles. The van der Waals surface area contributed by atoms with Gasteiger partial charge < -0.3 is 14.2 Å². The Morgan fingerprint density at radius 1 is 1.40 bits per heavy atom. The number of nitriles is 2. The molecule has 0 bridgehead atoms. The standard InChI is InChI=1S/C17H15BrN4O3/c1-9-6-24-17(25-9)16(8-20)13(15(16,7-19)14(21)22-17)11-5-10(18)3-4-12(11)23-2/h3-5,9,13H,6H2,1-2H3,(H2,21,22)/p+1/t9-,13+,15+,16+,17+/m0/s1. The Morgan fingerprint density at radius 2 is 2.16 bits per heavy atom. The molecule has 2 aliphatic heterocycles. The van der Waals surface area contributed by atoms with E-state index >= 15 is 0 Å². The number of fused-ring (bicyclic) bond motifs is 2. The summed E-state index contributed by atoms with van der Waals surface area (Å²) in [5.41, 5.74) is 4.38. The molecule has 128 valence electrons. The highest BCUT2D eigenvalue weighted by Gasteiger charge is 2.98. The van der Waals surface area contributed by atoms with Gasteiger partial charge in [0.15, 0.2) is 10.8 Å². The lowest BCUT2D eigenvalue weighted by Crippen LogP contribution is -2.90. The number of nitrogens with zero attached hydrogens (tertiary/aromatic N) is 2. The number of hydrogen-bond acceptors (Lipinski definition) is 6. The van der Waals surface area contributed by atoms with Crippen LogP contribution in [-0.2, 0) is 9.47 Å². The quantitative estimate of drug-likeness (QED) is 0.724. The van der Waals surface area contributed by atoms with E-state index in [9.17, 15) is 10.5 Å². The van der Waals surface area contributed by atoms with Gasteiger partial charge in [0.05, 0.1) is 37.9 Å². The third-order valence-electron chi connectivity index (χ3n) is 5.39. The summed E-state index contributed by atoms with van der Waals surface area (Å²) in [4.78, 5) is 2.95. The molecule has 0 aromatic heterocycles. The number of nitrogens with one attached hydrogen (secondary N) is 1. The van der Waals surface area contributed by atoms with E-state index in [2.05, 4.69) is 33.1 Å². The van der Waals surface area contributed by atoms with Crippen LogP contribution in [0, 0.1) is 33.5 Å². The first-order valence-electron chi connectivity index (χ1n) is 7.81. The van der Waals surface area contributed by atoms with Gasteiger partial charge >= 0.3 is 5.91 Å². The Labute approximate surface area is 153 Å². The summed E-state index contributed by atoms with van der Waals surface area (Å²) in [6, 6.07) is 10.0. The zero-order chi connectivity index (χ0) is 18.0. The summed E-state index contributed by atoms with van der Waals surface area (Å²) in [5.74, 6) is -1.19. The second kappa shape index (κ2) is 4.95. The highest BCUT2D eigenvalue weighted by molar-refractivity contribution is 9.10. The Balaban J connectivity index is 1.95. The van der Waals surface area contributed by atoms with E-state index in [0.717, 1.165) is 10.0 Å². The monoisotopic (exact) mass is 403 g/mol. The van der Waals surface area contributed by atoms with E-state index in [4.69, 9.17) is 19.9 Å². The van der Waals surface area contributed by atoms with Crippen molar-refractivity contribution in [2.75, 3.05) is 13.7 Å². The molecule has 1 spiro atoms. The molecule has 2 fully saturated rings. The third kappa shape index (κ3) is 1.63. The Bertz CT molecular complexity index is 891. The molecule has 1 aromatic rings. The Kier molecular flexibility index (Phi) is 3.24. The fourth-order valence-corrected chi connectivity index (χ4v) is 4.74. The van der Waals surface area contributed by atoms with Gasteiger partial charge in [-0.25, -0.2) is 4.99 Å². The SMILES string of the molecule is COc1ccc(Br)cc1[C@H]1[C@@]2(C#N)[C@@]3([NH+]=C(N)[C@@]12C#N)OC[C@H](C)O3. The number of methoxy groups -OCH3 is 1. The normalized spacial score (nSPS) is 40.9. The fraction of sp³-hybridized carbons (Fsp3) is 0.471. The molecule has 2 heterocycles. The lowest BCUT2D eigenvalue weighted by atomic mass is 9.93. The van der Waals surface area contributed by atoms with Crippen molar-refractivity contribution in [2.45, 2.75) is 24.9 Å². The van der Waals surface area contributed by atoms with Gasteiger partial charge in [0, 0.05) is 10.0 Å². The largest absolute Gasteiger partial charge is 0.496 e. The van der Waals surface area contributed by atoms with E-state index in [1.807, 2.05) is 19.1 Å². The second-order valence-corrected chi connectivity index (χ2v) is 7.47. The van der Waals surface area contributed by atoms with E-state index in [0.29, 0.717) is 12.4 Å². The summed E-state index contributed by atoms with van der Waals surface area (Å²) < 4.78 is 18.1. The van der Waals surface area contributed by atoms with Crippen molar-refractivity contribution in [3.63, 3.8) is 0 Å². The van der Waals surface area contributed by atoms with Crippen molar-refractivity contribution < 1.29 is 19.2 Å². The summed E-state index contributed by atoms with van der Waals surface area (Å²) in [5, 5.41) is 20.1. The highest BCUT2D eigenvalue weighted by atomic mass is 79.9. The minimum absolute atomic E-state index is 0.192. The van der Waals surface area contributed by atoms with Crippen LogP contribution < -0.4 is 15.5 Å². The van der Waals surface area contributed by atoms with Crippen LogP contribution in [0.2, 0.25) is 0 Å². The van der Waals surface area contributed by atoms with Crippen molar-refractivity contribution in [1.29, 1.82) is 10.5 Å². The molecular formula is C17H16BrN4O3+. The van der Waals surface area contributed by atoms with Gasteiger partial charge in [-0.1, -0.05) is 15.9 Å². The van der Waals surface area contributed by atoms with Gasteiger partial charge in [-0.05, 0) is 25.1 Å². The van der Waals surface area contributed by atoms with Gasteiger partial charge in [0.25, 0.3) is 5.84 Å². The van der Waals surface area contributed by atoms with E-state index < -0.39 is 22.7 Å². The smallest absolute Gasteiger partial charge is 0.343 e. The van der Waals surface area contributed by atoms with Crippen molar-refractivity contribution >= 4 is 21.8 Å². The predicted octanol–water partition coefficient (Wildman–Crippen LogP) is 0.115. The lowest BCUT2D eigenvalue weighted by Gasteiger charge is -2.24. The van der Waals surface area contributed by atoms with Crippen LogP contribution in [0.1, 0.15) is 18.4 Å². The average molecular weight is 404 g/mol. The zero-order valence-electron chi connectivity index (χ0n) is 13.7. The Hall–Kier alpha value is -2.13. The third-order valence-corrected chi connectivity index (χ3v) is 5.89. The molecule has 8 heteroatoms. The van der Waals surface area contributed by atoms with Gasteiger partial charge in [0.1, 0.15) is 5.75 Å². The van der Waals surface area contributed by atoms with Crippen LogP contribution in [0.4, 0.5) is 0 Å². The van der Waals surface area contributed by atoms with Crippen LogP contribution in [0.5, 0.6) is 5.75 Å². The number of halogens is 1. The molecule has 3 N–H and O–H groups in total. The summed E-state index contributed by atoms with van der Waals surface area (Å²) >= 11 is 3.44. The predicted molar refractivity (Wildman–Crippen MR) is 88.9 cm³/mol. The van der Waals surface area contributed by atoms with Crippen LogP contribution in [0.3, 0.4) is 0 Å². The van der Waals surface area contributed by atoms with Gasteiger partial charge in [-0.2, -0.15) is 10.5 Å². The van der Waals surface area contributed by atoms with Gasteiger partial charge in [0.2, 0.25) is 0 Å². The van der Waals surface area contributed by atoms with Gasteiger partial charge in [-0.3, -0.25) is 5.73 Å². The minimum Gasteiger partial charge on any atom is -0.496 e. The minimum atomic E-state index is -1.43. The number of amidine groups is 1. The van der Waals surface area contributed by atoms with E-state index in [1.165, 1.54) is 0 Å². The maximum atomic E-state index is 10.1. The second-order valence-electron chi connectivity index (χ2n) is 6.55. The summed E-state index contributed by atoms with van der Waals surface area (Å²) in [7, 11) is 1.55. The van der Waals surface area contributed by atoms with Crippen molar-refractivity contribution in [1.82, 2.24) is 0 Å². The summed E-state index contributed by atoms with van der Waals surface area (Å²) in [6.45, 7) is 2.16. The first kappa shape index (κ1) is 16.3. The molecule has 25 heavy (non-hydrogen) atoms. The lowest BCUT2D eigenvalue weighted by molar-refractivity contribution is -0.677. The Morgan fingerprint density at radius 3 is 2.72 bits per heavy atom. The van der Waals surface area contributed by atoms with Gasteiger partial charge in [-0.15, -0.1) is 0 Å². The topological polar surface area (TPSA) is 115 Å². The maximum absolute atomic E-state index is 10.1. The van der Waals surface area contributed by atoms with Crippen LogP contribution in [0.15, 0.2) is 22.7 Å². The van der Waals surface area contributed by atoms with Crippen molar-refractivity contribution in [3.8, 4) is 17.9 Å². The molecule has 1 saturated carbocycles. The van der Waals surface area contributed by atoms with Crippen molar-refractivity contribution in [3.05, 3.63) is 28.2 Å². The number of rotatable bonds is 2. The number of nitrogens with two attached hydrogens (primary N) is 1. The average Bonchev–Trinajstić information content (AvgIpc) is 2.98. The highest BCUT2D eigenvalue weighted by Crippen LogP contribution is 2.80. The molecule has 3 aliphatic rings. The molecule has 1 aromatic carbocycles.